The van der Waals surface area contributed by atoms with Crippen LogP contribution < -0.4 is 5.32 Å². The van der Waals surface area contributed by atoms with Crippen molar-refractivity contribution in [1.29, 1.82) is 0 Å². The summed E-state index contributed by atoms with van der Waals surface area (Å²) in [6, 6.07) is 2.78. The van der Waals surface area contributed by atoms with Gasteiger partial charge in [0.05, 0.1) is 5.69 Å². The van der Waals surface area contributed by atoms with Crippen molar-refractivity contribution in [2.24, 2.45) is 13.0 Å². The Morgan fingerprint density at radius 2 is 2.12 bits per heavy atom. The highest BCUT2D eigenvalue weighted by molar-refractivity contribution is 5.11. The largest absolute Gasteiger partial charge is 0.316 e. The molecule has 0 bridgehead atoms. The minimum Gasteiger partial charge on any atom is -0.316 e. The zero-order valence-corrected chi connectivity index (χ0v) is 11.2. The molecule has 3 heteroatoms. The summed E-state index contributed by atoms with van der Waals surface area (Å²) >= 11 is 0. The molecule has 2 unspecified atom stereocenters. The van der Waals surface area contributed by atoms with Gasteiger partial charge < -0.3 is 5.32 Å². The third-order valence-electron chi connectivity index (χ3n) is 3.52. The summed E-state index contributed by atoms with van der Waals surface area (Å²) in [6.07, 6.45) is 3.29. The number of hydrogen-bond donors (Lipinski definition) is 1. The van der Waals surface area contributed by atoms with Gasteiger partial charge in [-0.25, -0.2) is 0 Å². The number of aromatic nitrogens is 2. The Balaban J connectivity index is 2.73. The maximum Gasteiger partial charge on any atom is 0.0624 e. The molecule has 2 atom stereocenters. The van der Waals surface area contributed by atoms with Crippen LogP contribution in [0.25, 0.3) is 0 Å². The maximum atomic E-state index is 4.49. The fourth-order valence-electron chi connectivity index (χ4n) is 2.03. The van der Waals surface area contributed by atoms with Gasteiger partial charge in [-0.3, -0.25) is 4.68 Å². The van der Waals surface area contributed by atoms with Gasteiger partial charge in [0.25, 0.3) is 0 Å². The Kier molecular flexibility index (Phi) is 5.00. The first kappa shape index (κ1) is 13.2. The normalized spacial score (nSPS) is 15.1. The van der Waals surface area contributed by atoms with E-state index in [2.05, 4.69) is 37.3 Å². The van der Waals surface area contributed by atoms with Crippen LogP contribution in [0.5, 0.6) is 0 Å². The average molecular weight is 223 g/mol. The van der Waals surface area contributed by atoms with E-state index >= 15 is 0 Å². The van der Waals surface area contributed by atoms with Crippen molar-refractivity contribution in [3.63, 3.8) is 0 Å². The first-order chi connectivity index (χ1) is 7.62. The summed E-state index contributed by atoms with van der Waals surface area (Å²) < 4.78 is 2.02. The molecule has 1 heterocycles. The Bertz CT molecular complexity index is 317. The second-order valence-electron chi connectivity index (χ2n) is 4.59. The molecule has 0 aliphatic carbocycles. The van der Waals surface area contributed by atoms with Crippen molar-refractivity contribution in [3.05, 3.63) is 17.5 Å². The third-order valence-corrected chi connectivity index (χ3v) is 3.52. The Morgan fingerprint density at radius 1 is 1.44 bits per heavy atom. The standard InChI is InChI=1S/C13H25N3/c1-6-10(3)13(14-4)9-12-8-11(7-2)15-16(12)5/h8,10,13-14H,6-7,9H2,1-5H3. The summed E-state index contributed by atoms with van der Waals surface area (Å²) in [5.41, 5.74) is 2.52. The topological polar surface area (TPSA) is 29.9 Å². The quantitative estimate of drug-likeness (QED) is 0.801. The van der Waals surface area contributed by atoms with E-state index in [0.29, 0.717) is 12.0 Å². The fourth-order valence-corrected chi connectivity index (χ4v) is 2.03. The van der Waals surface area contributed by atoms with Crippen LogP contribution in [0.2, 0.25) is 0 Å². The molecular weight excluding hydrogens is 198 g/mol. The average Bonchev–Trinajstić information content (AvgIpc) is 2.66. The SMILES string of the molecule is CCc1cc(CC(NC)C(C)CC)n(C)n1. The molecular formula is C13H25N3. The Morgan fingerprint density at radius 3 is 2.56 bits per heavy atom. The summed E-state index contributed by atoms with van der Waals surface area (Å²) in [4.78, 5) is 0. The van der Waals surface area contributed by atoms with Crippen LogP contribution in [0.15, 0.2) is 6.07 Å². The Hall–Kier alpha value is -0.830. The molecule has 0 aliphatic heterocycles. The van der Waals surface area contributed by atoms with Crippen molar-refractivity contribution >= 4 is 0 Å². The van der Waals surface area contributed by atoms with Gasteiger partial charge in [0.1, 0.15) is 0 Å². The molecule has 0 saturated carbocycles. The van der Waals surface area contributed by atoms with Crippen molar-refractivity contribution in [3.8, 4) is 0 Å². The highest BCUT2D eigenvalue weighted by Crippen LogP contribution is 2.14. The van der Waals surface area contributed by atoms with Gasteiger partial charge in [0, 0.05) is 25.2 Å². The zero-order valence-electron chi connectivity index (χ0n) is 11.2. The molecule has 1 aromatic rings. The van der Waals surface area contributed by atoms with E-state index in [0.717, 1.165) is 12.8 Å². The lowest BCUT2D eigenvalue weighted by Crippen LogP contribution is -2.34. The molecule has 1 aromatic heterocycles. The van der Waals surface area contributed by atoms with Crippen LogP contribution in [0.3, 0.4) is 0 Å². The first-order valence-electron chi connectivity index (χ1n) is 6.31. The molecule has 0 aromatic carbocycles. The lowest BCUT2D eigenvalue weighted by molar-refractivity contribution is 0.380. The van der Waals surface area contributed by atoms with Gasteiger partial charge in [-0.2, -0.15) is 5.10 Å². The third kappa shape index (κ3) is 3.08. The predicted molar refractivity (Wildman–Crippen MR) is 68.6 cm³/mol. The zero-order chi connectivity index (χ0) is 12.1. The molecule has 92 valence electrons. The fraction of sp³-hybridized carbons (Fsp3) is 0.769. The molecule has 16 heavy (non-hydrogen) atoms. The minimum atomic E-state index is 0.546. The van der Waals surface area contributed by atoms with Gasteiger partial charge in [-0.1, -0.05) is 27.2 Å². The number of hydrogen-bond acceptors (Lipinski definition) is 2. The molecule has 0 aliphatic rings. The van der Waals surface area contributed by atoms with Crippen molar-refractivity contribution in [2.75, 3.05) is 7.05 Å². The number of aryl methyl sites for hydroxylation is 2. The first-order valence-corrected chi connectivity index (χ1v) is 6.31. The lowest BCUT2D eigenvalue weighted by Gasteiger charge is -2.22. The van der Waals surface area contributed by atoms with E-state index in [4.69, 9.17) is 0 Å². The number of likely N-dealkylation sites (N-methyl/N-ethyl adjacent to an activating group) is 1. The van der Waals surface area contributed by atoms with Crippen LogP contribution in [0, 0.1) is 5.92 Å². The van der Waals surface area contributed by atoms with Crippen molar-refractivity contribution in [2.45, 2.75) is 46.1 Å². The van der Waals surface area contributed by atoms with Crippen molar-refractivity contribution < 1.29 is 0 Å². The number of rotatable bonds is 6. The van der Waals surface area contributed by atoms with Crippen LogP contribution in [-0.2, 0) is 19.9 Å². The minimum absolute atomic E-state index is 0.546. The van der Waals surface area contributed by atoms with Crippen LogP contribution in [-0.4, -0.2) is 22.9 Å². The van der Waals surface area contributed by atoms with E-state index in [-0.39, 0.29) is 0 Å². The molecule has 0 saturated heterocycles. The maximum absolute atomic E-state index is 4.49. The molecule has 0 radical (unpaired) electrons. The summed E-state index contributed by atoms with van der Waals surface area (Å²) in [6.45, 7) is 6.70. The van der Waals surface area contributed by atoms with Crippen LogP contribution >= 0.6 is 0 Å². The molecule has 1 N–H and O–H groups in total. The predicted octanol–water partition coefficient (Wildman–Crippen LogP) is 2.16. The summed E-state index contributed by atoms with van der Waals surface area (Å²) in [5.74, 6) is 0.699. The molecule has 1 rings (SSSR count). The number of nitrogens with one attached hydrogen (secondary N) is 1. The Labute approximate surface area is 99.2 Å². The molecule has 0 spiro atoms. The van der Waals surface area contributed by atoms with Crippen LogP contribution in [0.1, 0.15) is 38.6 Å². The van der Waals surface area contributed by atoms with Gasteiger partial charge in [-0.05, 0) is 25.5 Å². The van der Waals surface area contributed by atoms with E-state index < -0.39 is 0 Å². The van der Waals surface area contributed by atoms with Gasteiger partial charge >= 0.3 is 0 Å². The molecule has 0 fully saturated rings. The van der Waals surface area contributed by atoms with Gasteiger partial charge in [-0.15, -0.1) is 0 Å². The highest BCUT2D eigenvalue weighted by atomic mass is 15.3. The second-order valence-corrected chi connectivity index (χ2v) is 4.59. The van der Waals surface area contributed by atoms with E-state index in [9.17, 15) is 0 Å². The van der Waals surface area contributed by atoms with Crippen LogP contribution in [0.4, 0.5) is 0 Å². The molecule has 3 nitrogen and oxygen atoms in total. The van der Waals surface area contributed by atoms with E-state index in [1.807, 2.05) is 18.8 Å². The monoisotopic (exact) mass is 223 g/mol. The van der Waals surface area contributed by atoms with E-state index in [1.54, 1.807) is 0 Å². The summed E-state index contributed by atoms with van der Waals surface area (Å²) in [5, 5.41) is 7.91. The summed E-state index contributed by atoms with van der Waals surface area (Å²) in [7, 11) is 4.09. The highest BCUT2D eigenvalue weighted by Gasteiger charge is 2.16. The van der Waals surface area contributed by atoms with Gasteiger partial charge in [0.2, 0.25) is 0 Å². The smallest absolute Gasteiger partial charge is 0.0624 e. The van der Waals surface area contributed by atoms with E-state index in [1.165, 1.54) is 17.8 Å². The second kappa shape index (κ2) is 6.04. The molecule has 0 amide bonds. The van der Waals surface area contributed by atoms with Crippen molar-refractivity contribution in [1.82, 2.24) is 15.1 Å². The van der Waals surface area contributed by atoms with Gasteiger partial charge in [0.15, 0.2) is 0 Å². The lowest BCUT2D eigenvalue weighted by atomic mass is 9.95. The number of nitrogens with zero attached hydrogens (tertiary/aromatic N) is 2.